The standard InChI is InChI=1S/C5H7BrF4/c1-3(2-6)4(7)5(8,9)10/h3-4H,2H2,1H3. The van der Waals surface area contributed by atoms with Crippen molar-refractivity contribution in [3.63, 3.8) is 0 Å². The van der Waals surface area contributed by atoms with Crippen molar-refractivity contribution in [2.24, 2.45) is 5.92 Å². The lowest BCUT2D eigenvalue weighted by Crippen LogP contribution is -2.31. The number of halogens is 5. The summed E-state index contributed by atoms with van der Waals surface area (Å²) in [7, 11) is 0. The maximum atomic E-state index is 12.1. The van der Waals surface area contributed by atoms with E-state index >= 15 is 0 Å². The molecule has 0 aliphatic carbocycles. The van der Waals surface area contributed by atoms with E-state index in [0.29, 0.717) is 0 Å². The maximum Gasteiger partial charge on any atom is 0.419 e. The number of rotatable bonds is 2. The highest BCUT2D eigenvalue weighted by molar-refractivity contribution is 9.09. The molecule has 0 bridgehead atoms. The zero-order valence-electron chi connectivity index (χ0n) is 5.25. The SMILES string of the molecule is CC(CBr)C(F)C(F)(F)F. The summed E-state index contributed by atoms with van der Waals surface area (Å²) in [5, 5.41) is 0.0215. The fourth-order valence-electron chi connectivity index (χ4n) is 0.401. The molecular formula is C5H7BrF4. The van der Waals surface area contributed by atoms with Crippen LogP contribution in [0.2, 0.25) is 0 Å². The van der Waals surface area contributed by atoms with Crippen molar-refractivity contribution in [3.8, 4) is 0 Å². The van der Waals surface area contributed by atoms with Gasteiger partial charge in [-0.1, -0.05) is 22.9 Å². The Morgan fingerprint density at radius 2 is 1.80 bits per heavy atom. The molecule has 0 heterocycles. The molecule has 0 aromatic heterocycles. The first-order valence-electron chi connectivity index (χ1n) is 2.66. The van der Waals surface area contributed by atoms with Crippen molar-refractivity contribution in [1.82, 2.24) is 0 Å². The van der Waals surface area contributed by atoms with E-state index in [2.05, 4.69) is 15.9 Å². The molecule has 2 unspecified atom stereocenters. The number of alkyl halides is 5. The topological polar surface area (TPSA) is 0 Å². The van der Waals surface area contributed by atoms with Crippen molar-refractivity contribution in [3.05, 3.63) is 0 Å². The van der Waals surface area contributed by atoms with Crippen LogP contribution in [0.4, 0.5) is 17.6 Å². The van der Waals surface area contributed by atoms with Crippen LogP contribution in [0.5, 0.6) is 0 Å². The lowest BCUT2D eigenvalue weighted by Gasteiger charge is -2.16. The summed E-state index contributed by atoms with van der Waals surface area (Å²) >= 11 is 2.77. The molecule has 0 N–H and O–H groups in total. The quantitative estimate of drug-likeness (QED) is 0.498. The Balaban J connectivity index is 3.94. The first-order chi connectivity index (χ1) is 4.39. The van der Waals surface area contributed by atoms with E-state index in [0.717, 1.165) is 0 Å². The Kier molecular flexibility index (Phi) is 3.62. The van der Waals surface area contributed by atoms with Crippen LogP contribution in [0.15, 0.2) is 0 Å². The van der Waals surface area contributed by atoms with Gasteiger partial charge in [-0.3, -0.25) is 0 Å². The molecule has 0 aromatic carbocycles. The van der Waals surface area contributed by atoms with Gasteiger partial charge in [0.15, 0.2) is 6.17 Å². The minimum absolute atomic E-state index is 0.0215. The number of hydrogen-bond donors (Lipinski definition) is 0. The van der Waals surface area contributed by atoms with Crippen LogP contribution in [-0.2, 0) is 0 Å². The summed E-state index contributed by atoms with van der Waals surface area (Å²) in [6.45, 7) is 1.20. The van der Waals surface area contributed by atoms with Gasteiger partial charge in [0.05, 0.1) is 0 Å². The van der Waals surface area contributed by atoms with Crippen LogP contribution in [0.25, 0.3) is 0 Å². The molecule has 5 heteroatoms. The zero-order valence-corrected chi connectivity index (χ0v) is 6.84. The average molecular weight is 223 g/mol. The van der Waals surface area contributed by atoms with Gasteiger partial charge < -0.3 is 0 Å². The van der Waals surface area contributed by atoms with Crippen LogP contribution >= 0.6 is 15.9 Å². The minimum atomic E-state index is -4.72. The minimum Gasteiger partial charge on any atom is -0.237 e. The number of hydrogen-bond acceptors (Lipinski definition) is 0. The van der Waals surface area contributed by atoms with E-state index < -0.39 is 18.3 Å². The maximum absolute atomic E-state index is 12.1. The Hall–Kier alpha value is 0.200. The second-order valence-electron chi connectivity index (χ2n) is 2.07. The Bertz CT molecular complexity index is 100. The zero-order chi connectivity index (χ0) is 8.36. The molecule has 0 saturated heterocycles. The largest absolute Gasteiger partial charge is 0.419 e. The van der Waals surface area contributed by atoms with Crippen molar-refractivity contribution >= 4 is 15.9 Å². The molecule has 0 radical (unpaired) electrons. The van der Waals surface area contributed by atoms with E-state index in [-0.39, 0.29) is 5.33 Å². The molecule has 10 heavy (non-hydrogen) atoms. The molecule has 0 aromatic rings. The van der Waals surface area contributed by atoms with Crippen molar-refractivity contribution in [2.75, 3.05) is 5.33 Å². The summed E-state index contributed by atoms with van der Waals surface area (Å²) in [6.07, 6.45) is -7.43. The summed E-state index contributed by atoms with van der Waals surface area (Å²) < 4.78 is 46.6. The molecule has 0 fully saturated rings. The van der Waals surface area contributed by atoms with E-state index in [9.17, 15) is 17.6 Å². The van der Waals surface area contributed by atoms with E-state index in [1.165, 1.54) is 6.92 Å². The molecule has 0 nitrogen and oxygen atoms in total. The molecule has 0 amide bonds. The van der Waals surface area contributed by atoms with E-state index in [1.54, 1.807) is 0 Å². The van der Waals surface area contributed by atoms with E-state index in [1.807, 2.05) is 0 Å². The van der Waals surface area contributed by atoms with Gasteiger partial charge in [0.1, 0.15) is 0 Å². The molecule has 62 valence electrons. The predicted octanol–water partition coefficient (Wildman–Crippen LogP) is 2.92. The lowest BCUT2D eigenvalue weighted by molar-refractivity contribution is -0.190. The lowest BCUT2D eigenvalue weighted by atomic mass is 10.1. The fraction of sp³-hybridized carbons (Fsp3) is 1.00. The molecule has 0 aliphatic rings. The third-order valence-electron chi connectivity index (χ3n) is 1.06. The summed E-state index contributed by atoms with van der Waals surface area (Å²) in [6, 6.07) is 0. The van der Waals surface area contributed by atoms with Crippen LogP contribution < -0.4 is 0 Å². The highest BCUT2D eigenvalue weighted by atomic mass is 79.9. The first-order valence-corrected chi connectivity index (χ1v) is 3.78. The van der Waals surface area contributed by atoms with Gasteiger partial charge in [-0.25, -0.2) is 4.39 Å². The molecule has 0 spiro atoms. The second kappa shape index (κ2) is 3.55. The van der Waals surface area contributed by atoms with Gasteiger partial charge in [-0.15, -0.1) is 0 Å². The average Bonchev–Trinajstić information content (AvgIpc) is 1.83. The van der Waals surface area contributed by atoms with Crippen molar-refractivity contribution < 1.29 is 17.6 Å². The van der Waals surface area contributed by atoms with Crippen molar-refractivity contribution in [1.29, 1.82) is 0 Å². The van der Waals surface area contributed by atoms with Gasteiger partial charge in [0, 0.05) is 11.2 Å². The first kappa shape index (κ1) is 10.2. The Morgan fingerprint density at radius 1 is 1.40 bits per heavy atom. The molecule has 0 rings (SSSR count). The predicted molar refractivity (Wildman–Crippen MR) is 33.9 cm³/mol. The van der Waals surface area contributed by atoms with Crippen LogP contribution in [-0.4, -0.2) is 17.7 Å². The van der Waals surface area contributed by atoms with Crippen LogP contribution in [0, 0.1) is 5.92 Å². The second-order valence-corrected chi connectivity index (χ2v) is 2.72. The highest BCUT2D eigenvalue weighted by Crippen LogP contribution is 2.29. The van der Waals surface area contributed by atoms with Crippen LogP contribution in [0.3, 0.4) is 0 Å². The molecule has 0 saturated carbocycles. The molecular weight excluding hydrogens is 216 g/mol. The summed E-state index contributed by atoms with van der Waals surface area (Å²) in [5.41, 5.74) is 0. The highest BCUT2D eigenvalue weighted by Gasteiger charge is 2.43. The van der Waals surface area contributed by atoms with E-state index in [4.69, 9.17) is 0 Å². The van der Waals surface area contributed by atoms with Gasteiger partial charge in [0.2, 0.25) is 0 Å². The molecule has 2 atom stereocenters. The summed E-state index contributed by atoms with van der Waals surface area (Å²) in [5.74, 6) is -1.01. The molecule has 0 aliphatic heterocycles. The smallest absolute Gasteiger partial charge is 0.237 e. The Morgan fingerprint density at radius 3 is 1.90 bits per heavy atom. The fourth-order valence-corrected chi connectivity index (χ4v) is 0.729. The van der Waals surface area contributed by atoms with Gasteiger partial charge >= 0.3 is 6.18 Å². The van der Waals surface area contributed by atoms with Crippen molar-refractivity contribution in [2.45, 2.75) is 19.3 Å². The van der Waals surface area contributed by atoms with Gasteiger partial charge in [0.25, 0.3) is 0 Å². The third-order valence-corrected chi connectivity index (χ3v) is 2.08. The monoisotopic (exact) mass is 222 g/mol. The van der Waals surface area contributed by atoms with Gasteiger partial charge in [-0.05, 0) is 0 Å². The summed E-state index contributed by atoms with van der Waals surface area (Å²) in [4.78, 5) is 0. The van der Waals surface area contributed by atoms with Crippen LogP contribution in [0.1, 0.15) is 6.92 Å². The van der Waals surface area contributed by atoms with Gasteiger partial charge in [-0.2, -0.15) is 13.2 Å². The normalized spacial score (nSPS) is 18.6. The Labute approximate surface area is 64.7 Å². The third kappa shape index (κ3) is 2.86.